The molecular weight excluding hydrogens is 284 g/mol. The van der Waals surface area contributed by atoms with E-state index in [0.717, 1.165) is 18.7 Å². The summed E-state index contributed by atoms with van der Waals surface area (Å²) in [4.78, 5) is 2.44. The largest absolute Gasteiger partial charge is 0.298 e. The van der Waals surface area contributed by atoms with Crippen LogP contribution in [-0.4, -0.2) is 49.8 Å². The number of sulfonamides is 1. The number of rotatable bonds is 5. The van der Waals surface area contributed by atoms with Gasteiger partial charge in [-0.25, -0.2) is 8.42 Å². The normalized spacial score (nSPS) is 26.8. The van der Waals surface area contributed by atoms with E-state index in [1.807, 2.05) is 30.3 Å². The van der Waals surface area contributed by atoms with Gasteiger partial charge in [-0.2, -0.15) is 4.31 Å². The molecule has 2 saturated heterocycles. The van der Waals surface area contributed by atoms with E-state index in [2.05, 4.69) is 18.7 Å². The second kappa shape index (κ2) is 5.71. The maximum atomic E-state index is 12.6. The quantitative estimate of drug-likeness (QED) is 0.832. The van der Waals surface area contributed by atoms with Crippen LogP contribution in [-0.2, 0) is 15.8 Å². The Morgan fingerprint density at radius 1 is 1.14 bits per heavy atom. The lowest BCUT2D eigenvalue weighted by atomic mass is 9.91. The Morgan fingerprint density at radius 3 is 2.52 bits per heavy atom. The van der Waals surface area contributed by atoms with Crippen molar-refractivity contribution in [3.05, 3.63) is 35.9 Å². The molecule has 0 N–H and O–H groups in total. The van der Waals surface area contributed by atoms with Crippen molar-refractivity contribution in [3.63, 3.8) is 0 Å². The Morgan fingerprint density at radius 2 is 1.86 bits per heavy atom. The van der Waals surface area contributed by atoms with E-state index in [0.29, 0.717) is 31.0 Å². The summed E-state index contributed by atoms with van der Waals surface area (Å²) in [6, 6.07) is 9.90. The zero-order valence-electron chi connectivity index (χ0n) is 12.8. The molecular formula is C16H24N2O2S. The Labute approximate surface area is 127 Å². The second-order valence-electron chi connectivity index (χ2n) is 6.73. The van der Waals surface area contributed by atoms with Gasteiger partial charge < -0.3 is 0 Å². The van der Waals surface area contributed by atoms with Gasteiger partial charge in [0.05, 0.1) is 5.75 Å². The topological polar surface area (TPSA) is 40.6 Å². The molecule has 2 aliphatic rings. The molecule has 5 heteroatoms. The summed E-state index contributed by atoms with van der Waals surface area (Å²) >= 11 is 0. The number of nitrogens with zero attached hydrogens (tertiary/aromatic N) is 2. The van der Waals surface area contributed by atoms with Gasteiger partial charge in [0.1, 0.15) is 0 Å². The van der Waals surface area contributed by atoms with E-state index in [9.17, 15) is 8.42 Å². The fourth-order valence-electron chi connectivity index (χ4n) is 3.49. The Bertz CT molecular complexity index is 586. The zero-order chi connectivity index (χ0) is 15.0. The van der Waals surface area contributed by atoms with Crippen LogP contribution in [0.2, 0.25) is 0 Å². The van der Waals surface area contributed by atoms with Gasteiger partial charge in [0.15, 0.2) is 0 Å². The molecule has 0 amide bonds. The lowest BCUT2D eigenvalue weighted by molar-refractivity contribution is 0.0403. The summed E-state index contributed by atoms with van der Waals surface area (Å²) in [5.74, 6) is 1.30. The lowest BCUT2D eigenvalue weighted by Crippen LogP contribution is -2.56. The van der Waals surface area contributed by atoms with Crippen molar-refractivity contribution in [1.29, 1.82) is 0 Å². The highest BCUT2D eigenvalue weighted by molar-refractivity contribution is 7.88. The lowest BCUT2D eigenvalue weighted by Gasteiger charge is -2.44. The SMILES string of the molecule is CC(C)CN1C[C@@H]2CN(S(=O)(=O)Cc3ccccc3)C[C@@H]21. The molecule has 1 aromatic rings. The molecule has 0 spiro atoms. The third-order valence-electron chi connectivity index (χ3n) is 4.50. The van der Waals surface area contributed by atoms with Crippen LogP contribution in [0, 0.1) is 11.8 Å². The van der Waals surface area contributed by atoms with Crippen LogP contribution in [0.25, 0.3) is 0 Å². The van der Waals surface area contributed by atoms with E-state index >= 15 is 0 Å². The Balaban J connectivity index is 1.63. The number of likely N-dealkylation sites (tertiary alicyclic amines) is 1. The first-order valence-corrected chi connectivity index (χ1v) is 9.32. The standard InChI is InChI=1S/C16H24N2O2S/c1-13(2)8-17-9-15-10-18(11-16(15)17)21(19,20)12-14-6-4-3-5-7-14/h3-7,13,15-16H,8-12H2,1-2H3/t15-,16+/m1/s1. The predicted molar refractivity (Wildman–Crippen MR) is 84.3 cm³/mol. The molecule has 0 saturated carbocycles. The van der Waals surface area contributed by atoms with Crippen molar-refractivity contribution in [3.8, 4) is 0 Å². The molecule has 0 bridgehead atoms. The molecule has 21 heavy (non-hydrogen) atoms. The van der Waals surface area contributed by atoms with Crippen molar-refractivity contribution in [2.45, 2.75) is 25.6 Å². The third kappa shape index (κ3) is 3.15. The summed E-state index contributed by atoms with van der Waals surface area (Å²) in [6.45, 7) is 7.94. The first kappa shape index (κ1) is 15.0. The van der Waals surface area contributed by atoms with Gasteiger partial charge in [-0.1, -0.05) is 44.2 Å². The maximum Gasteiger partial charge on any atom is 0.218 e. The molecule has 0 unspecified atom stereocenters. The molecule has 0 radical (unpaired) electrons. The number of hydrogen-bond donors (Lipinski definition) is 0. The minimum atomic E-state index is -3.18. The van der Waals surface area contributed by atoms with E-state index < -0.39 is 10.0 Å². The third-order valence-corrected chi connectivity index (χ3v) is 6.28. The smallest absolute Gasteiger partial charge is 0.218 e. The molecule has 2 heterocycles. The van der Waals surface area contributed by atoms with Gasteiger partial charge in [0.2, 0.25) is 10.0 Å². The highest BCUT2D eigenvalue weighted by atomic mass is 32.2. The fourth-order valence-corrected chi connectivity index (χ4v) is 5.08. The highest BCUT2D eigenvalue weighted by Crippen LogP contribution is 2.34. The zero-order valence-corrected chi connectivity index (χ0v) is 13.6. The average molecular weight is 308 g/mol. The van der Waals surface area contributed by atoms with Crippen LogP contribution < -0.4 is 0 Å². The van der Waals surface area contributed by atoms with Crippen molar-refractivity contribution >= 4 is 10.0 Å². The van der Waals surface area contributed by atoms with E-state index in [1.165, 1.54) is 0 Å². The molecule has 2 atom stereocenters. The molecule has 2 fully saturated rings. The molecule has 0 aromatic heterocycles. The van der Waals surface area contributed by atoms with Crippen LogP contribution in [0.3, 0.4) is 0 Å². The number of benzene rings is 1. The van der Waals surface area contributed by atoms with Crippen molar-refractivity contribution in [1.82, 2.24) is 9.21 Å². The Kier molecular flexibility index (Phi) is 4.08. The summed E-state index contributed by atoms with van der Waals surface area (Å²) in [5, 5.41) is 0. The molecule has 2 aliphatic heterocycles. The Hall–Kier alpha value is -0.910. The fraction of sp³-hybridized carbons (Fsp3) is 0.625. The minimum Gasteiger partial charge on any atom is -0.298 e. The minimum absolute atomic E-state index is 0.122. The molecule has 4 nitrogen and oxygen atoms in total. The molecule has 3 rings (SSSR count). The summed E-state index contributed by atoms with van der Waals surface area (Å²) < 4.78 is 26.8. The van der Waals surface area contributed by atoms with Crippen LogP contribution in [0.15, 0.2) is 30.3 Å². The second-order valence-corrected chi connectivity index (χ2v) is 8.70. The van der Waals surface area contributed by atoms with Crippen molar-refractivity contribution in [2.75, 3.05) is 26.2 Å². The van der Waals surface area contributed by atoms with E-state index in [4.69, 9.17) is 0 Å². The maximum absolute atomic E-state index is 12.6. The monoisotopic (exact) mass is 308 g/mol. The highest BCUT2D eigenvalue weighted by Gasteiger charge is 2.48. The summed E-state index contributed by atoms with van der Waals surface area (Å²) in [5.41, 5.74) is 0.871. The predicted octanol–water partition coefficient (Wildman–Crippen LogP) is 1.79. The van der Waals surface area contributed by atoms with Crippen LogP contribution in [0.4, 0.5) is 0 Å². The van der Waals surface area contributed by atoms with Crippen LogP contribution in [0.5, 0.6) is 0 Å². The van der Waals surface area contributed by atoms with Gasteiger partial charge in [0, 0.05) is 38.1 Å². The van der Waals surface area contributed by atoms with E-state index in [1.54, 1.807) is 4.31 Å². The van der Waals surface area contributed by atoms with Crippen LogP contribution in [0.1, 0.15) is 19.4 Å². The van der Waals surface area contributed by atoms with Gasteiger partial charge in [-0.05, 0) is 11.5 Å². The molecule has 1 aromatic carbocycles. The van der Waals surface area contributed by atoms with Gasteiger partial charge >= 0.3 is 0 Å². The molecule has 0 aliphatic carbocycles. The van der Waals surface area contributed by atoms with Gasteiger partial charge in [-0.15, -0.1) is 0 Å². The van der Waals surface area contributed by atoms with Gasteiger partial charge in [-0.3, -0.25) is 4.90 Å². The first-order valence-electron chi connectivity index (χ1n) is 7.71. The van der Waals surface area contributed by atoms with Crippen LogP contribution >= 0.6 is 0 Å². The number of fused-ring (bicyclic) bond motifs is 1. The van der Waals surface area contributed by atoms with E-state index in [-0.39, 0.29) is 5.75 Å². The van der Waals surface area contributed by atoms with Crippen molar-refractivity contribution < 1.29 is 8.42 Å². The van der Waals surface area contributed by atoms with Crippen molar-refractivity contribution in [2.24, 2.45) is 11.8 Å². The summed E-state index contributed by atoms with van der Waals surface area (Å²) in [6.07, 6.45) is 0. The molecule has 116 valence electrons. The van der Waals surface area contributed by atoms with Gasteiger partial charge in [0.25, 0.3) is 0 Å². The summed E-state index contributed by atoms with van der Waals surface area (Å²) in [7, 11) is -3.18. The average Bonchev–Trinajstić information content (AvgIpc) is 2.75. The first-order chi connectivity index (χ1) is 9.95. The number of hydrogen-bond acceptors (Lipinski definition) is 3.